The lowest BCUT2D eigenvalue weighted by molar-refractivity contribution is -0.125. The Kier molecular flexibility index (Phi) is 4.81. The molecular formula is C12H23ClN2O2. The van der Waals surface area contributed by atoms with Gasteiger partial charge in [0.25, 0.3) is 0 Å². The van der Waals surface area contributed by atoms with Crippen molar-refractivity contribution in [2.75, 3.05) is 13.2 Å². The Balaban J connectivity index is 0.00000144. The third-order valence-corrected chi connectivity index (χ3v) is 3.76. The summed E-state index contributed by atoms with van der Waals surface area (Å²) >= 11 is 0. The average molecular weight is 263 g/mol. The molecule has 0 heterocycles. The molecule has 2 aliphatic rings. The first-order chi connectivity index (χ1) is 7.60. The molecule has 2 rings (SSSR count). The molecule has 0 spiro atoms. The Morgan fingerprint density at radius 2 is 2.18 bits per heavy atom. The molecule has 17 heavy (non-hydrogen) atoms. The van der Waals surface area contributed by atoms with Crippen molar-refractivity contribution in [1.82, 2.24) is 5.32 Å². The van der Waals surface area contributed by atoms with Crippen LogP contribution >= 0.6 is 12.4 Å². The van der Waals surface area contributed by atoms with Crippen LogP contribution < -0.4 is 11.1 Å². The van der Waals surface area contributed by atoms with Gasteiger partial charge >= 0.3 is 0 Å². The third kappa shape index (κ3) is 3.33. The molecule has 0 aliphatic heterocycles. The maximum Gasteiger partial charge on any atom is 0.226 e. The molecule has 0 bridgehead atoms. The minimum Gasteiger partial charge on any atom is -0.378 e. The molecule has 0 aromatic rings. The molecule has 4 nitrogen and oxygen atoms in total. The number of carbonyl (C=O) groups is 1. The van der Waals surface area contributed by atoms with Crippen molar-refractivity contribution in [2.24, 2.45) is 17.6 Å². The topological polar surface area (TPSA) is 64.3 Å². The molecule has 2 saturated carbocycles. The SMILES string of the molecule is CCOC1CC1C(=O)NC(C)(CN)C1CC1.Cl. The quantitative estimate of drug-likeness (QED) is 0.753. The maximum atomic E-state index is 12.0. The van der Waals surface area contributed by atoms with E-state index in [4.69, 9.17) is 10.5 Å². The van der Waals surface area contributed by atoms with E-state index < -0.39 is 0 Å². The van der Waals surface area contributed by atoms with Crippen LogP contribution in [0.1, 0.15) is 33.1 Å². The lowest BCUT2D eigenvalue weighted by atomic mass is 9.95. The van der Waals surface area contributed by atoms with Gasteiger partial charge in [-0.1, -0.05) is 0 Å². The van der Waals surface area contributed by atoms with E-state index in [1.807, 2.05) is 6.92 Å². The standard InChI is InChI=1S/C12H22N2O2.ClH/c1-3-16-10-6-9(10)11(15)14-12(2,7-13)8-4-5-8;/h8-10H,3-7,13H2,1-2H3,(H,14,15);1H. The van der Waals surface area contributed by atoms with E-state index in [1.165, 1.54) is 12.8 Å². The zero-order valence-corrected chi connectivity index (χ0v) is 11.4. The van der Waals surface area contributed by atoms with Crippen LogP contribution in [-0.4, -0.2) is 30.7 Å². The molecule has 5 heteroatoms. The number of nitrogens with two attached hydrogens (primary N) is 1. The second kappa shape index (κ2) is 5.55. The fourth-order valence-corrected chi connectivity index (χ4v) is 2.26. The van der Waals surface area contributed by atoms with E-state index in [1.54, 1.807) is 0 Å². The molecular weight excluding hydrogens is 240 g/mol. The molecule has 2 fully saturated rings. The van der Waals surface area contributed by atoms with Crippen molar-refractivity contribution in [3.8, 4) is 0 Å². The van der Waals surface area contributed by atoms with Crippen molar-refractivity contribution in [3.05, 3.63) is 0 Å². The monoisotopic (exact) mass is 262 g/mol. The number of rotatable bonds is 6. The second-order valence-electron chi connectivity index (χ2n) is 5.22. The Morgan fingerprint density at radius 1 is 1.53 bits per heavy atom. The molecule has 0 radical (unpaired) electrons. The summed E-state index contributed by atoms with van der Waals surface area (Å²) in [4.78, 5) is 12.0. The summed E-state index contributed by atoms with van der Waals surface area (Å²) in [5, 5.41) is 3.11. The van der Waals surface area contributed by atoms with Crippen molar-refractivity contribution in [2.45, 2.75) is 44.8 Å². The Labute approximate surface area is 109 Å². The number of amides is 1. The van der Waals surface area contributed by atoms with Gasteiger partial charge in [0.15, 0.2) is 0 Å². The first kappa shape index (κ1) is 14.7. The normalized spacial score (nSPS) is 30.1. The minimum absolute atomic E-state index is 0. The summed E-state index contributed by atoms with van der Waals surface area (Å²) in [6, 6.07) is 0. The van der Waals surface area contributed by atoms with E-state index in [2.05, 4.69) is 12.2 Å². The highest BCUT2D eigenvalue weighted by atomic mass is 35.5. The molecule has 2 aliphatic carbocycles. The summed E-state index contributed by atoms with van der Waals surface area (Å²) in [5.41, 5.74) is 5.57. The molecule has 3 atom stereocenters. The lowest BCUT2D eigenvalue weighted by Crippen LogP contribution is -2.53. The number of carbonyl (C=O) groups excluding carboxylic acids is 1. The highest BCUT2D eigenvalue weighted by Crippen LogP contribution is 2.40. The zero-order chi connectivity index (χ0) is 11.8. The molecule has 1 amide bonds. The van der Waals surface area contributed by atoms with Gasteiger partial charge in [-0.25, -0.2) is 0 Å². The van der Waals surface area contributed by atoms with Crippen molar-refractivity contribution in [3.63, 3.8) is 0 Å². The van der Waals surface area contributed by atoms with E-state index in [-0.39, 0.29) is 35.9 Å². The molecule has 0 saturated heterocycles. The van der Waals surface area contributed by atoms with Gasteiger partial charge in [-0.15, -0.1) is 12.4 Å². The predicted molar refractivity (Wildman–Crippen MR) is 69.1 cm³/mol. The van der Waals surface area contributed by atoms with E-state index in [9.17, 15) is 4.79 Å². The number of hydrogen-bond acceptors (Lipinski definition) is 3. The van der Waals surface area contributed by atoms with Crippen LogP contribution in [0.5, 0.6) is 0 Å². The first-order valence-corrected chi connectivity index (χ1v) is 6.24. The summed E-state index contributed by atoms with van der Waals surface area (Å²) < 4.78 is 5.42. The van der Waals surface area contributed by atoms with E-state index in [0.717, 1.165) is 6.42 Å². The fraction of sp³-hybridized carbons (Fsp3) is 0.917. The van der Waals surface area contributed by atoms with Gasteiger partial charge in [-0.2, -0.15) is 0 Å². The Morgan fingerprint density at radius 3 is 2.65 bits per heavy atom. The molecule has 0 aromatic carbocycles. The summed E-state index contributed by atoms with van der Waals surface area (Å²) in [6.45, 7) is 5.22. The van der Waals surface area contributed by atoms with Crippen molar-refractivity contribution < 1.29 is 9.53 Å². The molecule has 100 valence electrons. The largest absolute Gasteiger partial charge is 0.378 e. The predicted octanol–water partition coefficient (Wildman–Crippen LogP) is 1.08. The average Bonchev–Trinajstić information content (AvgIpc) is 3.11. The van der Waals surface area contributed by atoms with Crippen LogP contribution in [0.15, 0.2) is 0 Å². The maximum absolute atomic E-state index is 12.0. The smallest absolute Gasteiger partial charge is 0.226 e. The van der Waals surface area contributed by atoms with Crippen LogP contribution in [0.2, 0.25) is 0 Å². The number of halogens is 1. The minimum atomic E-state index is -0.198. The van der Waals surface area contributed by atoms with E-state index in [0.29, 0.717) is 19.1 Å². The number of hydrogen-bond donors (Lipinski definition) is 2. The summed E-state index contributed by atoms with van der Waals surface area (Å²) in [5.74, 6) is 0.758. The first-order valence-electron chi connectivity index (χ1n) is 6.24. The third-order valence-electron chi connectivity index (χ3n) is 3.76. The van der Waals surface area contributed by atoms with Crippen LogP contribution in [-0.2, 0) is 9.53 Å². The second-order valence-corrected chi connectivity index (χ2v) is 5.22. The number of ether oxygens (including phenoxy) is 1. The van der Waals surface area contributed by atoms with Crippen LogP contribution in [0.4, 0.5) is 0 Å². The highest BCUT2D eigenvalue weighted by Gasteiger charge is 2.48. The molecule has 3 unspecified atom stereocenters. The van der Waals surface area contributed by atoms with Crippen molar-refractivity contribution in [1.29, 1.82) is 0 Å². The van der Waals surface area contributed by atoms with Crippen LogP contribution in [0.3, 0.4) is 0 Å². The summed E-state index contributed by atoms with van der Waals surface area (Å²) in [7, 11) is 0. The van der Waals surface area contributed by atoms with Gasteiger partial charge in [0.05, 0.1) is 17.6 Å². The van der Waals surface area contributed by atoms with Crippen LogP contribution in [0.25, 0.3) is 0 Å². The Bertz CT molecular complexity index is 284. The highest BCUT2D eigenvalue weighted by molar-refractivity contribution is 5.85. The lowest BCUT2D eigenvalue weighted by Gasteiger charge is -2.29. The van der Waals surface area contributed by atoms with Gasteiger partial charge in [0.1, 0.15) is 0 Å². The van der Waals surface area contributed by atoms with Gasteiger partial charge in [-0.05, 0) is 39.0 Å². The Hall–Kier alpha value is -0.320. The van der Waals surface area contributed by atoms with Gasteiger partial charge in [-0.3, -0.25) is 4.79 Å². The molecule has 0 aromatic heterocycles. The van der Waals surface area contributed by atoms with Gasteiger partial charge in [0.2, 0.25) is 5.91 Å². The summed E-state index contributed by atoms with van der Waals surface area (Å²) in [6.07, 6.45) is 3.39. The number of nitrogens with one attached hydrogen (secondary N) is 1. The molecule has 3 N–H and O–H groups in total. The van der Waals surface area contributed by atoms with E-state index >= 15 is 0 Å². The van der Waals surface area contributed by atoms with Crippen LogP contribution in [0, 0.1) is 11.8 Å². The fourth-order valence-electron chi connectivity index (χ4n) is 2.26. The van der Waals surface area contributed by atoms with Gasteiger partial charge in [0, 0.05) is 13.2 Å². The van der Waals surface area contributed by atoms with Gasteiger partial charge < -0.3 is 15.8 Å². The van der Waals surface area contributed by atoms with Crippen molar-refractivity contribution >= 4 is 18.3 Å². The zero-order valence-electron chi connectivity index (χ0n) is 10.6.